The van der Waals surface area contributed by atoms with E-state index in [9.17, 15) is 4.79 Å². The van der Waals surface area contributed by atoms with Gasteiger partial charge in [-0.3, -0.25) is 4.79 Å². The molecule has 0 fully saturated rings. The number of methoxy groups -OCH3 is 1. The summed E-state index contributed by atoms with van der Waals surface area (Å²) in [6.45, 7) is 2.55. The first-order chi connectivity index (χ1) is 18.1. The number of nitrogens with one attached hydrogen (secondary N) is 2. The highest BCUT2D eigenvalue weighted by Crippen LogP contribution is 2.28. The van der Waals surface area contributed by atoms with E-state index in [4.69, 9.17) is 9.84 Å². The van der Waals surface area contributed by atoms with Crippen molar-refractivity contribution in [2.45, 2.75) is 26.3 Å². The predicted molar refractivity (Wildman–Crippen MR) is 140 cm³/mol. The SMILES string of the molecule is COc1ccc(-n2nc(CCC(=O)NCc3cccc(C)c3)cc2-c2cccc(-c3nn[nH]n3)c2)cc1. The zero-order valence-electron chi connectivity index (χ0n) is 20.7. The molecule has 37 heavy (non-hydrogen) atoms. The number of aromatic amines is 1. The maximum Gasteiger partial charge on any atom is 0.220 e. The fourth-order valence-electron chi connectivity index (χ4n) is 4.13. The molecule has 9 nitrogen and oxygen atoms in total. The molecule has 0 aliphatic rings. The molecule has 0 spiro atoms. The van der Waals surface area contributed by atoms with Gasteiger partial charge in [-0.2, -0.15) is 10.3 Å². The molecule has 2 heterocycles. The van der Waals surface area contributed by atoms with Crippen molar-refractivity contribution in [3.05, 3.63) is 95.7 Å². The Labute approximate surface area is 214 Å². The van der Waals surface area contributed by atoms with Crippen molar-refractivity contribution in [1.29, 1.82) is 0 Å². The number of amides is 1. The molecule has 3 aromatic carbocycles. The molecule has 5 aromatic rings. The maximum atomic E-state index is 12.6. The minimum absolute atomic E-state index is 0.0128. The highest BCUT2D eigenvalue weighted by Gasteiger charge is 2.15. The van der Waals surface area contributed by atoms with Crippen molar-refractivity contribution in [3.8, 4) is 34.1 Å². The quantitative estimate of drug-likeness (QED) is 0.317. The molecule has 186 valence electrons. The van der Waals surface area contributed by atoms with Gasteiger partial charge >= 0.3 is 0 Å². The molecule has 0 atom stereocenters. The number of carbonyl (C=O) groups is 1. The Morgan fingerprint density at radius 2 is 1.81 bits per heavy atom. The first-order valence-electron chi connectivity index (χ1n) is 12.0. The first kappa shape index (κ1) is 23.9. The van der Waals surface area contributed by atoms with Crippen LogP contribution in [0.15, 0.2) is 78.9 Å². The molecule has 1 amide bonds. The Hall–Kier alpha value is -4.79. The molecular formula is C28H27N7O2. The van der Waals surface area contributed by atoms with Crippen LogP contribution in [0.5, 0.6) is 5.75 Å². The lowest BCUT2D eigenvalue weighted by molar-refractivity contribution is -0.121. The second-order valence-corrected chi connectivity index (χ2v) is 8.71. The molecule has 0 bridgehead atoms. The van der Waals surface area contributed by atoms with Crippen LogP contribution in [0.1, 0.15) is 23.2 Å². The number of tetrazole rings is 1. The van der Waals surface area contributed by atoms with Crippen LogP contribution in [0.25, 0.3) is 28.3 Å². The average molecular weight is 494 g/mol. The summed E-state index contributed by atoms with van der Waals surface area (Å²) in [4.78, 5) is 12.6. The smallest absolute Gasteiger partial charge is 0.220 e. The Kier molecular flexibility index (Phi) is 7.02. The van der Waals surface area contributed by atoms with E-state index in [1.54, 1.807) is 7.11 Å². The summed E-state index contributed by atoms with van der Waals surface area (Å²) >= 11 is 0. The van der Waals surface area contributed by atoms with Crippen LogP contribution in [0.4, 0.5) is 0 Å². The van der Waals surface area contributed by atoms with Crippen molar-refractivity contribution in [1.82, 2.24) is 35.7 Å². The van der Waals surface area contributed by atoms with Gasteiger partial charge in [0.15, 0.2) is 0 Å². The van der Waals surface area contributed by atoms with Gasteiger partial charge in [-0.05, 0) is 54.1 Å². The van der Waals surface area contributed by atoms with Crippen LogP contribution < -0.4 is 10.1 Å². The maximum absolute atomic E-state index is 12.6. The van der Waals surface area contributed by atoms with E-state index >= 15 is 0 Å². The molecule has 2 aromatic heterocycles. The van der Waals surface area contributed by atoms with Crippen molar-refractivity contribution in [2.24, 2.45) is 0 Å². The monoisotopic (exact) mass is 493 g/mol. The zero-order valence-corrected chi connectivity index (χ0v) is 20.7. The molecular weight excluding hydrogens is 466 g/mol. The fraction of sp³-hybridized carbons (Fsp3) is 0.179. The van der Waals surface area contributed by atoms with Crippen molar-refractivity contribution < 1.29 is 9.53 Å². The Balaban J connectivity index is 1.38. The normalized spacial score (nSPS) is 10.9. The molecule has 9 heteroatoms. The summed E-state index contributed by atoms with van der Waals surface area (Å²) in [5.41, 5.74) is 6.64. The van der Waals surface area contributed by atoms with Gasteiger partial charge in [0.05, 0.1) is 24.2 Å². The van der Waals surface area contributed by atoms with Gasteiger partial charge in [-0.15, -0.1) is 10.2 Å². The molecule has 0 radical (unpaired) electrons. The number of H-pyrrole nitrogens is 1. The number of hydrogen-bond donors (Lipinski definition) is 2. The fourth-order valence-corrected chi connectivity index (χ4v) is 4.13. The standard InChI is InChI=1S/C28H27N7O2/c1-19-5-3-6-20(15-19)18-29-27(36)14-9-23-17-26(35(32-23)24-10-12-25(37-2)13-11-24)21-7-4-8-22(16-21)28-30-33-34-31-28/h3-8,10-13,15-17H,9,14,18H2,1-2H3,(H,29,36)(H,30,31,33,34). The van der Waals surface area contributed by atoms with Gasteiger partial charge in [-0.1, -0.05) is 48.0 Å². The molecule has 5 rings (SSSR count). The van der Waals surface area contributed by atoms with E-state index in [0.717, 1.165) is 39.5 Å². The Morgan fingerprint density at radius 3 is 2.57 bits per heavy atom. The first-order valence-corrected chi connectivity index (χ1v) is 12.0. The number of benzene rings is 3. The van der Waals surface area contributed by atoms with E-state index in [0.29, 0.717) is 25.2 Å². The second kappa shape index (κ2) is 10.9. The van der Waals surface area contributed by atoms with Gasteiger partial charge in [0.2, 0.25) is 11.7 Å². The number of aryl methyl sites for hydroxylation is 2. The summed E-state index contributed by atoms with van der Waals surface area (Å²) < 4.78 is 7.20. The lowest BCUT2D eigenvalue weighted by atomic mass is 10.1. The second-order valence-electron chi connectivity index (χ2n) is 8.71. The average Bonchev–Trinajstić information content (AvgIpc) is 3.62. The van der Waals surface area contributed by atoms with E-state index in [1.807, 2.05) is 84.4 Å². The largest absolute Gasteiger partial charge is 0.497 e. The highest BCUT2D eigenvalue weighted by molar-refractivity contribution is 5.76. The molecule has 0 saturated carbocycles. The number of carbonyl (C=O) groups excluding carboxylic acids is 1. The molecule has 0 unspecified atom stereocenters. The highest BCUT2D eigenvalue weighted by atomic mass is 16.5. The van der Waals surface area contributed by atoms with Gasteiger partial charge < -0.3 is 10.1 Å². The third-order valence-electron chi connectivity index (χ3n) is 6.02. The van der Waals surface area contributed by atoms with Crippen LogP contribution in [0.3, 0.4) is 0 Å². The van der Waals surface area contributed by atoms with Crippen LogP contribution in [-0.2, 0) is 17.8 Å². The lowest BCUT2D eigenvalue weighted by Gasteiger charge is -2.09. The summed E-state index contributed by atoms with van der Waals surface area (Å²) in [5, 5.41) is 22.2. The van der Waals surface area contributed by atoms with Crippen molar-refractivity contribution >= 4 is 5.91 Å². The van der Waals surface area contributed by atoms with E-state index in [2.05, 4.69) is 32.0 Å². The third-order valence-corrected chi connectivity index (χ3v) is 6.02. The van der Waals surface area contributed by atoms with Gasteiger partial charge in [-0.25, -0.2) is 4.68 Å². The predicted octanol–water partition coefficient (Wildman–Crippen LogP) is 4.29. The molecule has 0 aliphatic carbocycles. The van der Waals surface area contributed by atoms with Gasteiger partial charge in [0.1, 0.15) is 5.75 Å². The number of hydrogen-bond acceptors (Lipinski definition) is 6. The van der Waals surface area contributed by atoms with E-state index < -0.39 is 0 Å². The van der Waals surface area contributed by atoms with Crippen molar-refractivity contribution in [2.75, 3.05) is 7.11 Å². The summed E-state index contributed by atoms with van der Waals surface area (Å²) in [7, 11) is 1.64. The summed E-state index contributed by atoms with van der Waals surface area (Å²) in [5.74, 6) is 1.27. The van der Waals surface area contributed by atoms with Crippen molar-refractivity contribution in [3.63, 3.8) is 0 Å². The van der Waals surface area contributed by atoms with Crippen LogP contribution in [-0.4, -0.2) is 43.4 Å². The topological polar surface area (TPSA) is 111 Å². The molecule has 2 N–H and O–H groups in total. The number of aromatic nitrogens is 6. The van der Waals surface area contributed by atoms with Crippen LogP contribution in [0.2, 0.25) is 0 Å². The Bertz CT molecular complexity index is 1490. The van der Waals surface area contributed by atoms with Gasteiger partial charge in [0, 0.05) is 30.5 Å². The van der Waals surface area contributed by atoms with Gasteiger partial charge in [0.25, 0.3) is 0 Å². The number of rotatable bonds is 9. The Morgan fingerprint density at radius 1 is 1.00 bits per heavy atom. The zero-order chi connectivity index (χ0) is 25.6. The minimum Gasteiger partial charge on any atom is -0.497 e. The molecule has 0 saturated heterocycles. The minimum atomic E-state index is -0.0128. The number of ether oxygens (including phenoxy) is 1. The lowest BCUT2D eigenvalue weighted by Crippen LogP contribution is -2.23. The summed E-state index contributed by atoms with van der Waals surface area (Å²) in [6.07, 6.45) is 0.855. The molecule has 0 aliphatic heterocycles. The summed E-state index contributed by atoms with van der Waals surface area (Å²) in [6, 6.07) is 25.7. The number of nitrogens with zero attached hydrogens (tertiary/aromatic N) is 5. The van der Waals surface area contributed by atoms with Crippen LogP contribution >= 0.6 is 0 Å². The van der Waals surface area contributed by atoms with Crippen LogP contribution in [0, 0.1) is 6.92 Å². The third kappa shape index (κ3) is 5.72. The van der Waals surface area contributed by atoms with E-state index in [1.165, 1.54) is 5.56 Å². The van der Waals surface area contributed by atoms with E-state index in [-0.39, 0.29) is 5.91 Å².